The number of rotatable bonds is 6. The lowest BCUT2D eigenvalue weighted by Crippen LogP contribution is -2.29. The van der Waals surface area contributed by atoms with Crippen molar-refractivity contribution in [2.45, 2.75) is 25.9 Å². The van der Waals surface area contributed by atoms with Gasteiger partial charge in [0.05, 0.1) is 22.3 Å². The SMILES string of the molecule is Cc1cccc(-n2c(SCC(=O)NCC(C)C)nc3cc(Cl)ccc3c2=O)c1. The summed E-state index contributed by atoms with van der Waals surface area (Å²) in [6, 6.07) is 12.7. The summed E-state index contributed by atoms with van der Waals surface area (Å²) < 4.78 is 1.56. The summed E-state index contributed by atoms with van der Waals surface area (Å²) in [7, 11) is 0. The first-order valence-corrected chi connectivity index (χ1v) is 10.4. The number of nitrogens with one attached hydrogen (secondary N) is 1. The maximum atomic E-state index is 13.2. The van der Waals surface area contributed by atoms with Crippen LogP contribution in [0, 0.1) is 12.8 Å². The second-order valence-corrected chi connectivity index (χ2v) is 8.40. The van der Waals surface area contributed by atoms with Crippen molar-refractivity contribution in [1.29, 1.82) is 0 Å². The molecule has 0 aliphatic carbocycles. The van der Waals surface area contributed by atoms with E-state index in [1.54, 1.807) is 22.8 Å². The van der Waals surface area contributed by atoms with E-state index in [0.29, 0.717) is 33.5 Å². The molecule has 3 rings (SSSR count). The maximum Gasteiger partial charge on any atom is 0.266 e. The van der Waals surface area contributed by atoms with Gasteiger partial charge in [0, 0.05) is 11.6 Å². The molecule has 3 aromatic rings. The zero-order valence-electron chi connectivity index (χ0n) is 16.0. The van der Waals surface area contributed by atoms with Gasteiger partial charge in [0.1, 0.15) is 0 Å². The van der Waals surface area contributed by atoms with Gasteiger partial charge in [0.2, 0.25) is 5.91 Å². The molecule has 2 aromatic carbocycles. The zero-order chi connectivity index (χ0) is 20.3. The smallest absolute Gasteiger partial charge is 0.266 e. The lowest BCUT2D eigenvalue weighted by atomic mass is 10.2. The van der Waals surface area contributed by atoms with E-state index in [2.05, 4.69) is 10.3 Å². The number of benzene rings is 2. The van der Waals surface area contributed by atoms with Gasteiger partial charge in [-0.3, -0.25) is 14.2 Å². The molecule has 0 unspecified atom stereocenters. The fourth-order valence-electron chi connectivity index (χ4n) is 2.73. The van der Waals surface area contributed by atoms with Crippen LogP contribution in [0.4, 0.5) is 0 Å². The molecule has 0 bridgehead atoms. The molecule has 0 aliphatic heterocycles. The summed E-state index contributed by atoms with van der Waals surface area (Å²) in [4.78, 5) is 30.0. The van der Waals surface area contributed by atoms with Gasteiger partial charge < -0.3 is 5.32 Å². The molecule has 5 nitrogen and oxygen atoms in total. The van der Waals surface area contributed by atoms with Crippen LogP contribution >= 0.6 is 23.4 Å². The van der Waals surface area contributed by atoms with Crippen molar-refractivity contribution in [3.63, 3.8) is 0 Å². The van der Waals surface area contributed by atoms with E-state index in [4.69, 9.17) is 11.6 Å². The normalized spacial score (nSPS) is 11.2. The predicted octanol–water partition coefficient (Wildman–Crippen LogP) is 4.21. The zero-order valence-corrected chi connectivity index (χ0v) is 17.6. The highest BCUT2D eigenvalue weighted by Crippen LogP contribution is 2.23. The van der Waals surface area contributed by atoms with Gasteiger partial charge in [-0.15, -0.1) is 0 Å². The van der Waals surface area contributed by atoms with Crippen molar-refractivity contribution < 1.29 is 4.79 Å². The summed E-state index contributed by atoms with van der Waals surface area (Å²) in [6.45, 7) is 6.66. The van der Waals surface area contributed by atoms with E-state index in [0.717, 1.165) is 11.3 Å². The van der Waals surface area contributed by atoms with Crippen molar-refractivity contribution in [3.8, 4) is 5.69 Å². The quantitative estimate of drug-likeness (QED) is 0.483. The number of thioether (sulfide) groups is 1. The van der Waals surface area contributed by atoms with Crippen LogP contribution in [-0.4, -0.2) is 27.8 Å². The standard InChI is InChI=1S/C21H22ClN3O2S/c1-13(2)11-23-19(26)12-28-21-24-18-10-15(22)7-8-17(18)20(27)25(21)16-6-4-5-14(3)9-16/h4-10,13H,11-12H2,1-3H3,(H,23,26). The number of fused-ring (bicyclic) bond motifs is 1. The van der Waals surface area contributed by atoms with Gasteiger partial charge in [0.15, 0.2) is 5.16 Å². The highest BCUT2D eigenvalue weighted by molar-refractivity contribution is 7.99. The first-order valence-electron chi connectivity index (χ1n) is 9.04. The highest BCUT2D eigenvalue weighted by atomic mass is 35.5. The molecule has 1 N–H and O–H groups in total. The van der Waals surface area contributed by atoms with E-state index < -0.39 is 0 Å². The molecular formula is C21H22ClN3O2S. The van der Waals surface area contributed by atoms with E-state index in [1.165, 1.54) is 11.8 Å². The Balaban J connectivity index is 2.04. The molecule has 0 fully saturated rings. The molecule has 1 heterocycles. The summed E-state index contributed by atoms with van der Waals surface area (Å²) >= 11 is 7.32. The minimum Gasteiger partial charge on any atom is -0.355 e. The van der Waals surface area contributed by atoms with Crippen molar-refractivity contribution in [3.05, 3.63) is 63.4 Å². The Morgan fingerprint density at radius 2 is 2.04 bits per heavy atom. The van der Waals surface area contributed by atoms with Crippen LogP contribution in [0.5, 0.6) is 0 Å². The van der Waals surface area contributed by atoms with Gasteiger partial charge in [0.25, 0.3) is 5.56 Å². The van der Waals surface area contributed by atoms with Crippen LogP contribution in [-0.2, 0) is 4.79 Å². The van der Waals surface area contributed by atoms with E-state index >= 15 is 0 Å². The van der Waals surface area contributed by atoms with E-state index in [-0.39, 0.29) is 17.2 Å². The first kappa shape index (κ1) is 20.4. The Morgan fingerprint density at radius 3 is 2.75 bits per heavy atom. The number of amides is 1. The van der Waals surface area contributed by atoms with Crippen molar-refractivity contribution in [1.82, 2.24) is 14.9 Å². The van der Waals surface area contributed by atoms with E-state index in [9.17, 15) is 9.59 Å². The molecule has 1 aromatic heterocycles. The minimum absolute atomic E-state index is 0.0880. The van der Waals surface area contributed by atoms with Crippen LogP contribution in [0.15, 0.2) is 52.4 Å². The fraction of sp³-hybridized carbons (Fsp3) is 0.286. The molecule has 7 heteroatoms. The molecule has 0 atom stereocenters. The second-order valence-electron chi connectivity index (χ2n) is 7.02. The van der Waals surface area contributed by atoms with Crippen molar-refractivity contribution >= 4 is 40.2 Å². The molecule has 0 saturated carbocycles. The number of halogens is 1. The van der Waals surface area contributed by atoms with E-state index in [1.807, 2.05) is 45.0 Å². The predicted molar refractivity (Wildman–Crippen MR) is 116 cm³/mol. The summed E-state index contributed by atoms with van der Waals surface area (Å²) in [5.41, 5.74) is 2.09. The number of nitrogens with zero attached hydrogens (tertiary/aromatic N) is 2. The molecule has 0 aliphatic rings. The van der Waals surface area contributed by atoms with Crippen molar-refractivity contribution in [2.75, 3.05) is 12.3 Å². The number of carbonyl (C=O) groups excluding carboxylic acids is 1. The van der Waals surface area contributed by atoms with Crippen LogP contribution in [0.2, 0.25) is 5.02 Å². The van der Waals surface area contributed by atoms with Crippen LogP contribution in [0.25, 0.3) is 16.6 Å². The van der Waals surface area contributed by atoms with Crippen LogP contribution < -0.4 is 10.9 Å². The average molecular weight is 416 g/mol. The summed E-state index contributed by atoms with van der Waals surface area (Å²) in [6.07, 6.45) is 0. The van der Waals surface area contributed by atoms with Crippen molar-refractivity contribution in [2.24, 2.45) is 5.92 Å². The number of aryl methyl sites for hydroxylation is 1. The summed E-state index contributed by atoms with van der Waals surface area (Å²) in [5, 5.41) is 4.35. The van der Waals surface area contributed by atoms with Crippen LogP contribution in [0.3, 0.4) is 0 Å². The third-order valence-electron chi connectivity index (χ3n) is 4.10. The number of hydrogen-bond donors (Lipinski definition) is 1. The minimum atomic E-state index is -0.183. The molecule has 1 amide bonds. The van der Waals surface area contributed by atoms with Gasteiger partial charge in [-0.25, -0.2) is 4.98 Å². The first-order chi connectivity index (χ1) is 13.3. The molecule has 0 saturated heterocycles. The molecule has 28 heavy (non-hydrogen) atoms. The molecule has 0 radical (unpaired) electrons. The highest BCUT2D eigenvalue weighted by Gasteiger charge is 2.15. The monoisotopic (exact) mass is 415 g/mol. The Bertz CT molecular complexity index is 1080. The molecule has 0 spiro atoms. The number of aromatic nitrogens is 2. The van der Waals surface area contributed by atoms with Crippen LogP contribution in [0.1, 0.15) is 19.4 Å². The molecular weight excluding hydrogens is 394 g/mol. The lowest BCUT2D eigenvalue weighted by Gasteiger charge is -2.14. The van der Waals surface area contributed by atoms with Gasteiger partial charge in [-0.2, -0.15) is 0 Å². The maximum absolute atomic E-state index is 13.2. The third kappa shape index (κ3) is 4.75. The second kappa shape index (κ2) is 8.80. The Morgan fingerprint density at radius 1 is 1.25 bits per heavy atom. The number of hydrogen-bond acceptors (Lipinski definition) is 4. The summed E-state index contributed by atoms with van der Waals surface area (Å²) in [5.74, 6) is 0.465. The third-order valence-corrected chi connectivity index (χ3v) is 5.27. The topological polar surface area (TPSA) is 64.0 Å². The largest absolute Gasteiger partial charge is 0.355 e. The van der Waals surface area contributed by atoms with Gasteiger partial charge >= 0.3 is 0 Å². The lowest BCUT2D eigenvalue weighted by molar-refractivity contribution is -0.118. The molecule has 146 valence electrons. The van der Waals surface area contributed by atoms with Gasteiger partial charge in [-0.1, -0.05) is 49.3 Å². The number of carbonyl (C=O) groups is 1. The Hall–Kier alpha value is -2.31. The average Bonchev–Trinajstić information content (AvgIpc) is 2.64. The fourth-order valence-corrected chi connectivity index (χ4v) is 3.74. The van der Waals surface area contributed by atoms with Gasteiger partial charge in [-0.05, 0) is 48.7 Å². The Labute approximate surface area is 173 Å². The Kier molecular flexibility index (Phi) is 6.42.